The lowest BCUT2D eigenvalue weighted by atomic mass is 10.1. The van der Waals surface area contributed by atoms with Crippen LogP contribution in [0.2, 0.25) is 0 Å². The molecule has 2 heterocycles. The molecule has 2 N–H and O–H groups in total. The van der Waals surface area contributed by atoms with Crippen molar-refractivity contribution in [2.24, 2.45) is 0 Å². The molecule has 6 nitrogen and oxygen atoms in total. The Balaban J connectivity index is 2.21. The molecule has 19 heavy (non-hydrogen) atoms. The Morgan fingerprint density at radius 2 is 2.11 bits per heavy atom. The van der Waals surface area contributed by atoms with Gasteiger partial charge in [-0.2, -0.15) is 0 Å². The van der Waals surface area contributed by atoms with E-state index in [1.165, 1.54) is 12.5 Å². The van der Waals surface area contributed by atoms with Crippen molar-refractivity contribution in [2.75, 3.05) is 5.32 Å². The molecule has 0 unspecified atom stereocenters. The Morgan fingerprint density at radius 3 is 2.74 bits per heavy atom. The van der Waals surface area contributed by atoms with Crippen LogP contribution in [0.1, 0.15) is 34.6 Å². The molecule has 0 aliphatic carbocycles. The third-order valence-corrected chi connectivity index (χ3v) is 2.73. The molecular formula is C13H14N4O2. The zero-order valence-electron chi connectivity index (χ0n) is 10.7. The second-order valence-corrected chi connectivity index (χ2v) is 4.19. The van der Waals surface area contributed by atoms with E-state index in [2.05, 4.69) is 20.3 Å². The molecule has 2 aromatic heterocycles. The van der Waals surface area contributed by atoms with Crippen LogP contribution in [-0.4, -0.2) is 26.0 Å². The van der Waals surface area contributed by atoms with Crippen molar-refractivity contribution >= 4 is 11.8 Å². The molecule has 0 radical (unpaired) electrons. The molecule has 1 atom stereocenters. The molecule has 2 rings (SSSR count). The Hall–Kier alpha value is -2.50. The Labute approximate surface area is 110 Å². The quantitative estimate of drug-likeness (QED) is 0.872. The molecule has 0 aliphatic heterocycles. The van der Waals surface area contributed by atoms with Crippen LogP contribution < -0.4 is 5.32 Å². The van der Waals surface area contributed by atoms with Crippen LogP contribution in [-0.2, 0) is 0 Å². The molecule has 0 bridgehead atoms. The molecule has 0 spiro atoms. The topological polar surface area (TPSA) is 88.0 Å². The highest BCUT2D eigenvalue weighted by Crippen LogP contribution is 2.19. The van der Waals surface area contributed by atoms with E-state index in [1.807, 2.05) is 26.0 Å². The van der Waals surface area contributed by atoms with Crippen molar-refractivity contribution in [1.29, 1.82) is 0 Å². The predicted molar refractivity (Wildman–Crippen MR) is 70.0 cm³/mol. The Kier molecular flexibility index (Phi) is 3.70. The smallest absolute Gasteiger partial charge is 0.341 e. The summed E-state index contributed by atoms with van der Waals surface area (Å²) in [4.78, 5) is 22.9. The van der Waals surface area contributed by atoms with Crippen LogP contribution in [0.25, 0.3) is 0 Å². The van der Waals surface area contributed by atoms with Crippen molar-refractivity contribution in [3.05, 3.63) is 47.7 Å². The van der Waals surface area contributed by atoms with Gasteiger partial charge in [0.25, 0.3) is 0 Å². The third kappa shape index (κ3) is 3.04. The van der Waals surface area contributed by atoms with Gasteiger partial charge in [-0.05, 0) is 25.5 Å². The van der Waals surface area contributed by atoms with Crippen LogP contribution in [0.4, 0.5) is 5.82 Å². The van der Waals surface area contributed by atoms with E-state index in [0.717, 1.165) is 11.3 Å². The number of nitrogens with one attached hydrogen (secondary N) is 1. The molecule has 6 heteroatoms. The molecule has 0 amide bonds. The maximum Gasteiger partial charge on any atom is 0.341 e. The number of carboxylic acids is 1. The third-order valence-electron chi connectivity index (χ3n) is 2.73. The van der Waals surface area contributed by atoms with Crippen molar-refractivity contribution in [1.82, 2.24) is 15.0 Å². The van der Waals surface area contributed by atoms with Gasteiger partial charge >= 0.3 is 5.97 Å². The fourth-order valence-electron chi connectivity index (χ4n) is 1.62. The van der Waals surface area contributed by atoms with Crippen LogP contribution in [0.5, 0.6) is 0 Å². The minimum absolute atomic E-state index is 0.0504. The molecule has 0 aromatic carbocycles. The van der Waals surface area contributed by atoms with Gasteiger partial charge in [0.15, 0.2) is 0 Å². The summed E-state index contributed by atoms with van der Waals surface area (Å²) in [7, 11) is 0. The minimum atomic E-state index is -1.06. The maximum atomic E-state index is 11.1. The van der Waals surface area contributed by atoms with Crippen molar-refractivity contribution in [3.8, 4) is 0 Å². The number of rotatable bonds is 4. The normalized spacial score (nSPS) is 11.9. The highest BCUT2D eigenvalue weighted by atomic mass is 16.4. The summed E-state index contributed by atoms with van der Waals surface area (Å²) in [6.07, 6.45) is 4.35. The number of aromatic carboxylic acids is 1. The van der Waals surface area contributed by atoms with Crippen LogP contribution in [0, 0.1) is 6.92 Å². The second kappa shape index (κ2) is 5.43. The van der Waals surface area contributed by atoms with Gasteiger partial charge in [-0.15, -0.1) is 0 Å². The molecule has 0 fully saturated rings. The highest BCUT2D eigenvalue weighted by Gasteiger charge is 2.14. The zero-order valence-corrected chi connectivity index (χ0v) is 10.7. The van der Waals surface area contributed by atoms with Gasteiger partial charge in [0, 0.05) is 18.1 Å². The number of nitrogens with zero attached hydrogens (tertiary/aromatic N) is 3. The Morgan fingerprint density at radius 1 is 1.32 bits per heavy atom. The van der Waals surface area contributed by atoms with E-state index >= 15 is 0 Å². The van der Waals surface area contributed by atoms with E-state index in [9.17, 15) is 4.79 Å². The van der Waals surface area contributed by atoms with Crippen LogP contribution in [0.3, 0.4) is 0 Å². The summed E-state index contributed by atoms with van der Waals surface area (Å²) in [6, 6.07) is 3.76. The van der Waals surface area contributed by atoms with E-state index < -0.39 is 5.97 Å². The standard InChI is InChI=1S/C13H14N4O2/c1-8-3-4-10(5-15-8)9(2)17-12-11(13(18)19)6-14-7-16-12/h3-7,9H,1-2H3,(H,18,19)(H,14,16,17)/t9-/m1/s1. The van der Waals surface area contributed by atoms with Gasteiger partial charge in [-0.25, -0.2) is 14.8 Å². The molecule has 98 valence electrons. The number of hydrogen-bond donors (Lipinski definition) is 2. The molecular weight excluding hydrogens is 244 g/mol. The molecule has 2 aromatic rings. The number of aromatic nitrogens is 3. The van der Waals surface area contributed by atoms with Crippen molar-refractivity contribution in [3.63, 3.8) is 0 Å². The first-order valence-corrected chi connectivity index (χ1v) is 5.80. The molecule has 0 aliphatic rings. The fraction of sp³-hybridized carbons (Fsp3) is 0.231. The van der Waals surface area contributed by atoms with Crippen molar-refractivity contribution in [2.45, 2.75) is 19.9 Å². The average Bonchev–Trinajstić information content (AvgIpc) is 2.39. The molecule has 0 saturated carbocycles. The zero-order chi connectivity index (χ0) is 13.8. The lowest BCUT2D eigenvalue weighted by molar-refractivity contribution is 0.0697. The van der Waals surface area contributed by atoms with Crippen LogP contribution in [0.15, 0.2) is 30.9 Å². The predicted octanol–water partition coefficient (Wildman–Crippen LogP) is 2.05. The van der Waals surface area contributed by atoms with Gasteiger partial charge < -0.3 is 10.4 Å². The van der Waals surface area contributed by atoms with Gasteiger partial charge in [-0.1, -0.05) is 6.07 Å². The number of carbonyl (C=O) groups is 1. The second-order valence-electron chi connectivity index (χ2n) is 4.19. The van der Waals surface area contributed by atoms with E-state index in [-0.39, 0.29) is 11.6 Å². The first kappa shape index (κ1) is 12.9. The minimum Gasteiger partial charge on any atom is -0.477 e. The van der Waals surface area contributed by atoms with Gasteiger partial charge in [0.2, 0.25) is 0 Å². The first-order valence-electron chi connectivity index (χ1n) is 5.80. The van der Waals surface area contributed by atoms with E-state index in [4.69, 9.17) is 5.11 Å². The maximum absolute atomic E-state index is 11.1. The van der Waals surface area contributed by atoms with Gasteiger partial charge in [-0.3, -0.25) is 4.98 Å². The van der Waals surface area contributed by atoms with Gasteiger partial charge in [0.1, 0.15) is 17.7 Å². The lowest BCUT2D eigenvalue weighted by Crippen LogP contribution is -2.12. The summed E-state index contributed by atoms with van der Waals surface area (Å²) in [6.45, 7) is 3.83. The monoisotopic (exact) mass is 258 g/mol. The number of hydrogen-bond acceptors (Lipinski definition) is 5. The first-order chi connectivity index (χ1) is 9.08. The number of aryl methyl sites for hydroxylation is 1. The van der Waals surface area contributed by atoms with E-state index in [1.54, 1.807) is 6.20 Å². The van der Waals surface area contributed by atoms with Crippen molar-refractivity contribution < 1.29 is 9.90 Å². The van der Waals surface area contributed by atoms with Gasteiger partial charge in [0.05, 0.1) is 6.04 Å². The number of pyridine rings is 1. The fourth-order valence-corrected chi connectivity index (χ4v) is 1.62. The summed E-state index contributed by atoms with van der Waals surface area (Å²) < 4.78 is 0. The SMILES string of the molecule is Cc1ccc([C@@H](C)Nc2ncncc2C(=O)O)cn1. The average molecular weight is 258 g/mol. The Bertz CT molecular complexity index is 583. The highest BCUT2D eigenvalue weighted by molar-refractivity contribution is 5.92. The summed E-state index contributed by atoms with van der Waals surface area (Å²) in [5.41, 5.74) is 1.94. The van der Waals surface area contributed by atoms with E-state index in [0.29, 0.717) is 5.82 Å². The summed E-state index contributed by atoms with van der Waals surface area (Å²) in [5.74, 6) is -0.757. The lowest BCUT2D eigenvalue weighted by Gasteiger charge is -2.15. The number of carboxylic acid groups (broad SMARTS) is 1. The van der Waals surface area contributed by atoms with Crippen LogP contribution >= 0.6 is 0 Å². The number of anilines is 1. The molecule has 0 saturated heterocycles. The largest absolute Gasteiger partial charge is 0.477 e. The summed E-state index contributed by atoms with van der Waals surface area (Å²) >= 11 is 0. The summed E-state index contributed by atoms with van der Waals surface area (Å²) in [5, 5.41) is 12.1.